The summed E-state index contributed by atoms with van der Waals surface area (Å²) in [7, 11) is 0. The number of aromatic nitrogens is 2. The van der Waals surface area contributed by atoms with Crippen LogP contribution >= 0.6 is 15.9 Å². The Morgan fingerprint density at radius 3 is 2.88 bits per heavy atom. The third-order valence-electron chi connectivity index (χ3n) is 0.793. The van der Waals surface area contributed by atoms with Crippen molar-refractivity contribution < 1.29 is 4.39 Å². The first-order chi connectivity index (χ1) is 3.84. The number of halogens is 2. The highest BCUT2D eigenvalue weighted by Gasteiger charge is 1.92. The molecule has 0 aliphatic heterocycles. The maximum absolute atomic E-state index is 11.7. The number of imidazole rings is 1. The van der Waals surface area contributed by atoms with E-state index in [9.17, 15) is 4.39 Å². The highest BCUT2D eigenvalue weighted by molar-refractivity contribution is 9.10. The average Bonchev–Trinajstić information content (AvgIpc) is 2.14. The molecule has 0 saturated heterocycles. The fourth-order valence-electron chi connectivity index (χ4n) is 0.400. The van der Waals surface area contributed by atoms with E-state index in [1.807, 2.05) is 0 Å². The van der Waals surface area contributed by atoms with Crippen LogP contribution in [0, 0.1) is 0 Å². The van der Waals surface area contributed by atoms with E-state index in [1.54, 1.807) is 6.20 Å². The fourth-order valence-corrected chi connectivity index (χ4v) is 0.731. The molecule has 0 amide bonds. The van der Waals surface area contributed by atoms with Crippen molar-refractivity contribution >= 4 is 15.9 Å². The van der Waals surface area contributed by atoms with Gasteiger partial charge in [0.1, 0.15) is 0 Å². The molecule has 0 unspecified atom stereocenters. The van der Waals surface area contributed by atoms with Crippen molar-refractivity contribution in [1.82, 2.24) is 9.55 Å². The van der Waals surface area contributed by atoms with E-state index in [-0.39, 0.29) is 0 Å². The summed E-state index contributed by atoms with van der Waals surface area (Å²) in [6, 6.07) is 0. The van der Waals surface area contributed by atoms with E-state index in [4.69, 9.17) is 0 Å². The summed E-state index contributed by atoms with van der Waals surface area (Å²) in [5.74, 6) is 0. The molecule has 1 rings (SSSR count). The van der Waals surface area contributed by atoms with Crippen LogP contribution in [0.25, 0.3) is 0 Å². The molecule has 0 aliphatic rings. The van der Waals surface area contributed by atoms with Crippen LogP contribution in [-0.4, -0.2) is 9.55 Å². The minimum atomic E-state index is -0.527. The molecule has 0 radical (unpaired) electrons. The predicted octanol–water partition coefficient (Wildman–Crippen LogP) is 1.57. The van der Waals surface area contributed by atoms with Crippen LogP contribution in [0.1, 0.15) is 0 Å². The minimum Gasteiger partial charge on any atom is -0.297 e. The van der Waals surface area contributed by atoms with Gasteiger partial charge < -0.3 is 0 Å². The van der Waals surface area contributed by atoms with Crippen LogP contribution in [0.15, 0.2) is 17.1 Å². The number of rotatable bonds is 1. The van der Waals surface area contributed by atoms with Crippen LogP contribution in [0.3, 0.4) is 0 Å². The van der Waals surface area contributed by atoms with E-state index < -0.39 is 6.80 Å². The predicted molar refractivity (Wildman–Crippen MR) is 31.0 cm³/mol. The van der Waals surface area contributed by atoms with Crippen molar-refractivity contribution in [3.63, 3.8) is 0 Å². The molecule has 2 nitrogen and oxygen atoms in total. The van der Waals surface area contributed by atoms with Crippen LogP contribution < -0.4 is 0 Å². The summed E-state index contributed by atoms with van der Waals surface area (Å²) < 4.78 is 13.6. The fraction of sp³-hybridized carbons (Fsp3) is 0.250. The molecular formula is C4H4BrFN2. The Morgan fingerprint density at radius 2 is 2.62 bits per heavy atom. The van der Waals surface area contributed by atoms with Gasteiger partial charge in [-0.2, -0.15) is 0 Å². The molecule has 4 heteroatoms. The van der Waals surface area contributed by atoms with Gasteiger partial charge in [0.15, 0.2) is 11.5 Å². The van der Waals surface area contributed by atoms with Gasteiger partial charge in [-0.25, -0.2) is 9.37 Å². The quantitative estimate of drug-likeness (QED) is 0.639. The standard InChI is InChI=1S/C4H4BrFN2/c5-4-7-1-2-8(4)3-6/h1-2H,3H2. The lowest BCUT2D eigenvalue weighted by Gasteiger charge is -1.90. The van der Waals surface area contributed by atoms with E-state index in [2.05, 4.69) is 20.9 Å². The smallest absolute Gasteiger partial charge is 0.179 e. The van der Waals surface area contributed by atoms with E-state index in [1.165, 1.54) is 10.8 Å². The van der Waals surface area contributed by atoms with Gasteiger partial charge in [0.25, 0.3) is 0 Å². The van der Waals surface area contributed by atoms with Crippen molar-refractivity contribution in [2.24, 2.45) is 0 Å². The largest absolute Gasteiger partial charge is 0.297 e. The molecular weight excluding hydrogens is 175 g/mol. The average molecular weight is 179 g/mol. The second-order valence-electron chi connectivity index (χ2n) is 1.29. The molecule has 0 N–H and O–H groups in total. The third kappa shape index (κ3) is 0.888. The monoisotopic (exact) mass is 178 g/mol. The summed E-state index contributed by atoms with van der Waals surface area (Å²) >= 11 is 3.04. The van der Waals surface area contributed by atoms with E-state index in [0.717, 1.165) is 0 Å². The molecule has 0 atom stereocenters. The van der Waals surface area contributed by atoms with Crippen molar-refractivity contribution in [3.05, 3.63) is 17.1 Å². The van der Waals surface area contributed by atoms with E-state index in [0.29, 0.717) is 4.73 Å². The van der Waals surface area contributed by atoms with Gasteiger partial charge in [0.05, 0.1) is 0 Å². The maximum Gasteiger partial charge on any atom is 0.179 e. The Labute approximate surface area is 54.5 Å². The Balaban J connectivity index is 2.92. The van der Waals surface area contributed by atoms with Gasteiger partial charge in [-0.1, -0.05) is 0 Å². The normalized spacial score (nSPS) is 9.75. The molecule has 0 saturated carbocycles. The third-order valence-corrected chi connectivity index (χ3v) is 1.45. The molecule has 0 aliphatic carbocycles. The van der Waals surface area contributed by atoms with Gasteiger partial charge in [-0.15, -0.1) is 0 Å². The van der Waals surface area contributed by atoms with Crippen molar-refractivity contribution in [1.29, 1.82) is 0 Å². The Bertz CT molecular complexity index is 174. The molecule has 0 bridgehead atoms. The number of nitrogens with zero attached hydrogens (tertiary/aromatic N) is 2. The lowest BCUT2D eigenvalue weighted by molar-refractivity contribution is 0.372. The van der Waals surface area contributed by atoms with Gasteiger partial charge in [-0.05, 0) is 15.9 Å². The van der Waals surface area contributed by atoms with Crippen molar-refractivity contribution in [3.8, 4) is 0 Å². The van der Waals surface area contributed by atoms with Crippen LogP contribution in [0.5, 0.6) is 0 Å². The number of alkyl halides is 1. The molecule has 1 aromatic heterocycles. The number of hydrogen-bond acceptors (Lipinski definition) is 1. The highest BCUT2D eigenvalue weighted by atomic mass is 79.9. The Hall–Kier alpha value is -0.380. The highest BCUT2D eigenvalue weighted by Crippen LogP contribution is 2.04. The Kier molecular flexibility index (Phi) is 1.62. The lowest BCUT2D eigenvalue weighted by atomic mass is 10.9. The first-order valence-electron chi connectivity index (χ1n) is 2.07. The van der Waals surface area contributed by atoms with Gasteiger partial charge in [0.2, 0.25) is 0 Å². The van der Waals surface area contributed by atoms with Gasteiger partial charge in [0, 0.05) is 12.4 Å². The molecule has 1 heterocycles. The van der Waals surface area contributed by atoms with Gasteiger partial charge in [-0.3, -0.25) is 4.57 Å². The molecule has 0 aromatic carbocycles. The summed E-state index contributed by atoms with van der Waals surface area (Å²) in [5.41, 5.74) is 0. The van der Waals surface area contributed by atoms with E-state index >= 15 is 0 Å². The summed E-state index contributed by atoms with van der Waals surface area (Å²) in [4.78, 5) is 3.73. The molecule has 0 spiro atoms. The molecule has 44 valence electrons. The summed E-state index contributed by atoms with van der Waals surface area (Å²) in [6.07, 6.45) is 3.09. The molecule has 1 aromatic rings. The lowest BCUT2D eigenvalue weighted by Crippen LogP contribution is -1.88. The zero-order valence-corrected chi connectivity index (χ0v) is 5.60. The molecule has 0 fully saturated rings. The first kappa shape index (κ1) is 5.75. The topological polar surface area (TPSA) is 17.8 Å². The second-order valence-corrected chi connectivity index (χ2v) is 1.99. The summed E-state index contributed by atoms with van der Waals surface area (Å²) in [5, 5.41) is 0. The summed E-state index contributed by atoms with van der Waals surface area (Å²) in [6.45, 7) is -0.527. The first-order valence-corrected chi connectivity index (χ1v) is 2.86. The SMILES string of the molecule is FCn1ccnc1Br. The van der Waals surface area contributed by atoms with Crippen LogP contribution in [0.4, 0.5) is 4.39 Å². The number of hydrogen-bond donors (Lipinski definition) is 0. The van der Waals surface area contributed by atoms with Crippen molar-refractivity contribution in [2.45, 2.75) is 6.80 Å². The Morgan fingerprint density at radius 1 is 1.88 bits per heavy atom. The molecule has 8 heavy (non-hydrogen) atoms. The minimum absolute atomic E-state index is 0.527. The van der Waals surface area contributed by atoms with Crippen molar-refractivity contribution in [2.75, 3.05) is 0 Å². The van der Waals surface area contributed by atoms with Gasteiger partial charge >= 0.3 is 0 Å². The van der Waals surface area contributed by atoms with Crippen LogP contribution in [0.2, 0.25) is 0 Å². The van der Waals surface area contributed by atoms with Crippen LogP contribution in [-0.2, 0) is 6.80 Å². The second kappa shape index (κ2) is 2.26. The maximum atomic E-state index is 11.7. The zero-order valence-electron chi connectivity index (χ0n) is 4.01. The zero-order chi connectivity index (χ0) is 5.98.